The van der Waals surface area contributed by atoms with Crippen molar-refractivity contribution in [3.8, 4) is 0 Å². The lowest BCUT2D eigenvalue weighted by Crippen LogP contribution is -2.29. The van der Waals surface area contributed by atoms with Crippen LogP contribution >= 0.6 is 0 Å². The van der Waals surface area contributed by atoms with Gasteiger partial charge in [-0.25, -0.2) is 9.48 Å². The summed E-state index contributed by atoms with van der Waals surface area (Å²) in [7, 11) is 0. The Kier molecular flexibility index (Phi) is 2.68. The number of hydrogen-bond acceptors (Lipinski definition) is 3. The molecule has 0 amide bonds. The van der Waals surface area contributed by atoms with Crippen LogP contribution in [0.25, 0.3) is 5.65 Å². The Morgan fingerprint density at radius 1 is 1.18 bits per heavy atom. The molecule has 2 aromatic rings. The van der Waals surface area contributed by atoms with E-state index in [9.17, 15) is 4.79 Å². The van der Waals surface area contributed by atoms with E-state index in [2.05, 4.69) is 10.00 Å². The van der Waals surface area contributed by atoms with Gasteiger partial charge in [0.15, 0.2) is 5.65 Å². The molecule has 1 fully saturated rings. The summed E-state index contributed by atoms with van der Waals surface area (Å²) >= 11 is 0. The highest BCUT2D eigenvalue weighted by Crippen LogP contribution is 2.06. The Balaban J connectivity index is 1.80. The normalized spacial score (nSPS) is 16.9. The monoisotopic (exact) mass is 232 g/mol. The van der Waals surface area contributed by atoms with Gasteiger partial charge < -0.3 is 4.90 Å². The molecule has 0 unspecified atom stereocenters. The topological polar surface area (TPSA) is 42.5 Å². The van der Waals surface area contributed by atoms with E-state index in [4.69, 9.17) is 0 Å². The molecule has 1 saturated heterocycles. The van der Waals surface area contributed by atoms with Gasteiger partial charge >= 0.3 is 5.69 Å². The Bertz CT molecular complexity index is 565. The Labute approximate surface area is 99.3 Å². The van der Waals surface area contributed by atoms with Gasteiger partial charge in [-0.15, -0.1) is 5.10 Å². The molecule has 3 heterocycles. The standard InChI is InChI=1S/C12H16N4O/c17-12-15-8-2-1-5-11(15)13-16(12)10-9-14-6-3-4-7-14/h1-2,5,8H,3-4,6-7,9-10H2. The van der Waals surface area contributed by atoms with E-state index in [1.165, 1.54) is 12.8 Å². The number of pyridine rings is 1. The van der Waals surface area contributed by atoms with Gasteiger partial charge in [0.05, 0.1) is 6.54 Å². The summed E-state index contributed by atoms with van der Waals surface area (Å²) in [5.74, 6) is 0. The van der Waals surface area contributed by atoms with E-state index in [1.54, 1.807) is 15.3 Å². The third kappa shape index (κ3) is 1.98. The quantitative estimate of drug-likeness (QED) is 0.778. The van der Waals surface area contributed by atoms with Crippen LogP contribution in [-0.2, 0) is 6.54 Å². The van der Waals surface area contributed by atoms with Crippen LogP contribution in [0.3, 0.4) is 0 Å². The van der Waals surface area contributed by atoms with E-state index in [-0.39, 0.29) is 5.69 Å². The Morgan fingerprint density at radius 3 is 2.76 bits per heavy atom. The SMILES string of the molecule is O=c1n(CCN2CCCC2)nc2ccccn12. The number of aromatic nitrogens is 3. The van der Waals surface area contributed by atoms with Crippen molar-refractivity contribution in [1.29, 1.82) is 0 Å². The minimum Gasteiger partial charge on any atom is -0.301 e. The molecule has 17 heavy (non-hydrogen) atoms. The average Bonchev–Trinajstić information content (AvgIpc) is 2.96. The van der Waals surface area contributed by atoms with Crippen molar-refractivity contribution in [3.63, 3.8) is 0 Å². The van der Waals surface area contributed by atoms with Crippen molar-refractivity contribution in [2.75, 3.05) is 19.6 Å². The molecule has 1 aliphatic heterocycles. The summed E-state index contributed by atoms with van der Waals surface area (Å²) in [6.45, 7) is 3.91. The highest BCUT2D eigenvalue weighted by Gasteiger charge is 2.12. The molecular weight excluding hydrogens is 216 g/mol. The zero-order valence-electron chi connectivity index (χ0n) is 9.75. The van der Waals surface area contributed by atoms with E-state index < -0.39 is 0 Å². The molecular formula is C12H16N4O. The Morgan fingerprint density at radius 2 is 2.00 bits per heavy atom. The first-order valence-corrected chi connectivity index (χ1v) is 6.11. The maximum absolute atomic E-state index is 12.0. The van der Waals surface area contributed by atoms with Crippen molar-refractivity contribution in [3.05, 3.63) is 34.9 Å². The second-order valence-electron chi connectivity index (χ2n) is 4.48. The van der Waals surface area contributed by atoms with Gasteiger partial charge in [-0.05, 0) is 38.1 Å². The fourth-order valence-electron chi connectivity index (χ4n) is 2.36. The van der Waals surface area contributed by atoms with Gasteiger partial charge in [-0.1, -0.05) is 6.07 Å². The summed E-state index contributed by atoms with van der Waals surface area (Å²) in [4.78, 5) is 14.4. The van der Waals surface area contributed by atoms with Crippen LogP contribution in [0.5, 0.6) is 0 Å². The lowest BCUT2D eigenvalue weighted by molar-refractivity contribution is 0.313. The summed E-state index contributed by atoms with van der Waals surface area (Å²) < 4.78 is 3.15. The van der Waals surface area contributed by atoms with E-state index in [0.29, 0.717) is 6.54 Å². The number of hydrogen-bond donors (Lipinski definition) is 0. The number of nitrogens with zero attached hydrogens (tertiary/aromatic N) is 4. The highest BCUT2D eigenvalue weighted by atomic mass is 16.2. The van der Waals surface area contributed by atoms with E-state index >= 15 is 0 Å². The molecule has 0 aliphatic carbocycles. The van der Waals surface area contributed by atoms with Gasteiger partial charge in [-0.3, -0.25) is 4.40 Å². The molecule has 5 heteroatoms. The molecule has 5 nitrogen and oxygen atoms in total. The van der Waals surface area contributed by atoms with Crippen molar-refractivity contribution >= 4 is 5.65 Å². The second-order valence-corrected chi connectivity index (χ2v) is 4.48. The second kappa shape index (κ2) is 4.33. The van der Waals surface area contributed by atoms with Crippen LogP contribution in [-0.4, -0.2) is 38.7 Å². The average molecular weight is 232 g/mol. The van der Waals surface area contributed by atoms with E-state index in [0.717, 1.165) is 25.3 Å². The van der Waals surface area contributed by atoms with Gasteiger partial charge in [-0.2, -0.15) is 0 Å². The summed E-state index contributed by atoms with van der Waals surface area (Å²) in [6.07, 6.45) is 4.32. The van der Waals surface area contributed by atoms with Crippen LogP contribution < -0.4 is 5.69 Å². The summed E-state index contributed by atoms with van der Waals surface area (Å²) in [5, 5.41) is 4.31. The van der Waals surface area contributed by atoms with E-state index in [1.807, 2.05) is 18.2 Å². The summed E-state index contributed by atoms with van der Waals surface area (Å²) in [5.41, 5.74) is 0.679. The molecule has 0 N–H and O–H groups in total. The number of fused-ring (bicyclic) bond motifs is 1. The first-order chi connectivity index (χ1) is 8.34. The largest absolute Gasteiger partial charge is 0.350 e. The molecule has 0 radical (unpaired) electrons. The molecule has 3 rings (SSSR count). The smallest absolute Gasteiger partial charge is 0.301 e. The molecule has 0 bridgehead atoms. The van der Waals surface area contributed by atoms with Gasteiger partial charge in [0, 0.05) is 12.7 Å². The molecule has 0 atom stereocenters. The van der Waals surface area contributed by atoms with Crippen molar-refractivity contribution < 1.29 is 0 Å². The van der Waals surface area contributed by atoms with Gasteiger partial charge in [0.25, 0.3) is 0 Å². The zero-order chi connectivity index (χ0) is 11.7. The lowest BCUT2D eigenvalue weighted by atomic mass is 10.4. The fraction of sp³-hybridized carbons (Fsp3) is 0.500. The minimum atomic E-state index is -0.0419. The molecule has 0 spiro atoms. The van der Waals surface area contributed by atoms with Crippen LogP contribution in [0.4, 0.5) is 0 Å². The third-order valence-corrected chi connectivity index (χ3v) is 3.32. The van der Waals surface area contributed by atoms with Gasteiger partial charge in [0.2, 0.25) is 0 Å². The first-order valence-electron chi connectivity index (χ1n) is 6.11. The third-order valence-electron chi connectivity index (χ3n) is 3.32. The maximum Gasteiger partial charge on any atom is 0.350 e. The number of likely N-dealkylation sites (tertiary alicyclic amines) is 1. The summed E-state index contributed by atoms with van der Waals surface area (Å²) in [6, 6.07) is 5.60. The van der Waals surface area contributed by atoms with Crippen molar-refractivity contribution in [2.45, 2.75) is 19.4 Å². The molecule has 0 saturated carbocycles. The van der Waals surface area contributed by atoms with Crippen LogP contribution in [0.2, 0.25) is 0 Å². The number of rotatable bonds is 3. The van der Waals surface area contributed by atoms with Crippen LogP contribution in [0.1, 0.15) is 12.8 Å². The maximum atomic E-state index is 12.0. The van der Waals surface area contributed by atoms with Crippen molar-refractivity contribution in [2.24, 2.45) is 0 Å². The van der Waals surface area contributed by atoms with Gasteiger partial charge in [0.1, 0.15) is 0 Å². The van der Waals surface area contributed by atoms with Crippen molar-refractivity contribution in [1.82, 2.24) is 19.1 Å². The van der Waals surface area contributed by atoms with Crippen LogP contribution in [0.15, 0.2) is 29.2 Å². The molecule has 0 aromatic carbocycles. The predicted octanol–water partition coefficient (Wildman–Crippen LogP) is 0.592. The highest BCUT2D eigenvalue weighted by molar-refractivity contribution is 5.35. The lowest BCUT2D eigenvalue weighted by Gasteiger charge is -2.13. The van der Waals surface area contributed by atoms with Crippen LogP contribution in [0, 0.1) is 0 Å². The first kappa shape index (κ1) is 10.5. The Hall–Kier alpha value is -1.62. The molecule has 1 aliphatic rings. The fourth-order valence-corrected chi connectivity index (χ4v) is 2.36. The zero-order valence-corrected chi connectivity index (χ0v) is 9.75. The minimum absolute atomic E-state index is 0.0419. The molecule has 90 valence electrons. The molecule has 2 aromatic heterocycles. The predicted molar refractivity (Wildman–Crippen MR) is 65.1 cm³/mol.